The lowest BCUT2D eigenvalue weighted by Crippen LogP contribution is -2.52. The van der Waals surface area contributed by atoms with Crippen molar-refractivity contribution in [3.63, 3.8) is 0 Å². The predicted octanol–water partition coefficient (Wildman–Crippen LogP) is 3.89. The van der Waals surface area contributed by atoms with Crippen LogP contribution in [0.25, 0.3) is 0 Å². The van der Waals surface area contributed by atoms with Crippen molar-refractivity contribution >= 4 is 39.1 Å². The number of rotatable bonds is 10. The van der Waals surface area contributed by atoms with E-state index in [1.165, 1.54) is 11.0 Å². The molecule has 0 saturated carbocycles. The number of aryl methyl sites for hydroxylation is 1. The van der Waals surface area contributed by atoms with Gasteiger partial charge in [0, 0.05) is 12.6 Å². The highest BCUT2D eigenvalue weighted by Gasteiger charge is 2.30. The van der Waals surface area contributed by atoms with E-state index >= 15 is 0 Å². The maximum atomic E-state index is 13.6. The largest absolute Gasteiger partial charge is 0.352 e. The molecule has 0 aliphatic rings. The van der Waals surface area contributed by atoms with Gasteiger partial charge in [-0.1, -0.05) is 48.4 Å². The van der Waals surface area contributed by atoms with Crippen molar-refractivity contribution < 1.29 is 22.4 Å². The minimum atomic E-state index is -3.92. The van der Waals surface area contributed by atoms with E-state index in [0.717, 1.165) is 40.2 Å². The minimum absolute atomic E-state index is 0.0504. The summed E-state index contributed by atoms with van der Waals surface area (Å²) >= 11 is 5.84. The Bertz CT molecular complexity index is 1140. The Kier molecular flexibility index (Phi) is 9.46. The number of sulfonamides is 1. The van der Waals surface area contributed by atoms with Gasteiger partial charge >= 0.3 is 0 Å². The number of halogens is 2. The molecule has 0 fully saturated rings. The van der Waals surface area contributed by atoms with Crippen LogP contribution in [0, 0.1) is 12.7 Å². The number of nitrogens with one attached hydrogen (secondary N) is 1. The third-order valence-corrected chi connectivity index (χ3v) is 6.90. The smallest absolute Gasteiger partial charge is 0.244 e. The Labute approximate surface area is 205 Å². The summed E-state index contributed by atoms with van der Waals surface area (Å²) in [4.78, 5) is 27.6. The van der Waals surface area contributed by atoms with Crippen LogP contribution in [0.2, 0.25) is 5.02 Å². The molecule has 2 aromatic carbocycles. The molecule has 0 unspecified atom stereocenters. The molecule has 0 radical (unpaired) electrons. The van der Waals surface area contributed by atoms with Crippen LogP contribution in [0.4, 0.5) is 10.1 Å². The van der Waals surface area contributed by atoms with Crippen LogP contribution in [0.3, 0.4) is 0 Å². The van der Waals surface area contributed by atoms with Crippen LogP contribution >= 0.6 is 11.6 Å². The standard InChI is InChI=1S/C24H31ClFN3O4S/c1-6-17(3)27-24(31)18(4)28(14-19-9-7-8-16(2)12-19)23(30)15-29(34(5,32)33)20-10-11-22(26)21(25)13-20/h7-13,17-18H,6,14-15H2,1-5H3,(H,27,31)/t17-,18-/m1/s1. The van der Waals surface area contributed by atoms with E-state index in [2.05, 4.69) is 5.32 Å². The second-order valence-electron chi connectivity index (χ2n) is 8.37. The Balaban J connectivity index is 2.41. The van der Waals surface area contributed by atoms with Gasteiger partial charge in [0.2, 0.25) is 21.8 Å². The van der Waals surface area contributed by atoms with Crippen molar-refractivity contribution in [2.75, 3.05) is 17.1 Å². The lowest BCUT2D eigenvalue weighted by atomic mass is 10.1. The quantitative estimate of drug-likeness (QED) is 0.524. The first kappa shape index (κ1) is 27.6. The fourth-order valence-electron chi connectivity index (χ4n) is 3.31. The lowest BCUT2D eigenvalue weighted by molar-refractivity contribution is -0.139. The normalized spacial score (nSPS) is 13.1. The van der Waals surface area contributed by atoms with Crippen LogP contribution in [-0.4, -0.2) is 50.0 Å². The first-order valence-electron chi connectivity index (χ1n) is 10.9. The van der Waals surface area contributed by atoms with Gasteiger partial charge in [0.1, 0.15) is 18.4 Å². The summed E-state index contributed by atoms with van der Waals surface area (Å²) in [5, 5.41) is 2.60. The number of amides is 2. The predicted molar refractivity (Wildman–Crippen MR) is 133 cm³/mol. The second-order valence-corrected chi connectivity index (χ2v) is 10.7. The lowest BCUT2D eigenvalue weighted by Gasteiger charge is -2.32. The third kappa shape index (κ3) is 7.43. The van der Waals surface area contributed by atoms with Gasteiger partial charge in [0.05, 0.1) is 17.0 Å². The highest BCUT2D eigenvalue weighted by molar-refractivity contribution is 7.92. The number of carbonyl (C=O) groups excluding carboxylic acids is 2. The fraction of sp³-hybridized carbons (Fsp3) is 0.417. The van der Waals surface area contributed by atoms with Crippen molar-refractivity contribution in [1.82, 2.24) is 10.2 Å². The van der Waals surface area contributed by atoms with Crippen LogP contribution in [0.1, 0.15) is 38.3 Å². The molecule has 2 atom stereocenters. The van der Waals surface area contributed by atoms with Gasteiger partial charge in [0.25, 0.3) is 0 Å². The van der Waals surface area contributed by atoms with Crippen molar-refractivity contribution in [3.05, 3.63) is 64.4 Å². The topological polar surface area (TPSA) is 86.8 Å². The number of hydrogen-bond donors (Lipinski definition) is 1. The van der Waals surface area contributed by atoms with E-state index in [4.69, 9.17) is 11.6 Å². The number of hydrogen-bond acceptors (Lipinski definition) is 4. The maximum Gasteiger partial charge on any atom is 0.244 e. The zero-order chi connectivity index (χ0) is 25.6. The molecule has 2 aromatic rings. The summed E-state index contributed by atoms with van der Waals surface area (Å²) in [6, 6.07) is 9.97. The van der Waals surface area contributed by atoms with Crippen molar-refractivity contribution in [3.8, 4) is 0 Å². The summed E-state index contributed by atoms with van der Waals surface area (Å²) in [5.74, 6) is -1.63. The van der Waals surface area contributed by atoms with Crippen LogP contribution in [-0.2, 0) is 26.2 Å². The second kappa shape index (κ2) is 11.7. The van der Waals surface area contributed by atoms with E-state index in [1.54, 1.807) is 6.92 Å². The number of carbonyl (C=O) groups is 2. The molecule has 2 rings (SSSR count). The molecule has 2 amide bonds. The van der Waals surface area contributed by atoms with Gasteiger partial charge in [0.15, 0.2) is 0 Å². The Hall–Kier alpha value is -2.65. The highest BCUT2D eigenvalue weighted by atomic mass is 35.5. The molecule has 0 bridgehead atoms. The van der Waals surface area contributed by atoms with E-state index in [1.807, 2.05) is 45.0 Å². The molecule has 186 valence electrons. The first-order valence-corrected chi connectivity index (χ1v) is 13.1. The Morgan fingerprint density at radius 3 is 2.38 bits per heavy atom. The van der Waals surface area contributed by atoms with E-state index in [-0.39, 0.29) is 29.2 Å². The zero-order valence-corrected chi connectivity index (χ0v) is 21.6. The zero-order valence-electron chi connectivity index (χ0n) is 20.0. The Morgan fingerprint density at radius 1 is 1.15 bits per heavy atom. The molecule has 0 aliphatic heterocycles. The van der Waals surface area contributed by atoms with Crippen molar-refractivity contribution in [2.45, 2.75) is 52.7 Å². The van der Waals surface area contributed by atoms with Gasteiger partial charge in [-0.15, -0.1) is 0 Å². The molecule has 34 heavy (non-hydrogen) atoms. The molecule has 0 spiro atoms. The van der Waals surface area contributed by atoms with E-state index in [0.29, 0.717) is 0 Å². The third-order valence-electron chi connectivity index (χ3n) is 5.47. The van der Waals surface area contributed by atoms with Crippen LogP contribution < -0.4 is 9.62 Å². The average molecular weight is 512 g/mol. The number of nitrogens with zero attached hydrogens (tertiary/aromatic N) is 2. The SMILES string of the molecule is CC[C@@H](C)NC(=O)[C@@H](C)N(Cc1cccc(C)c1)C(=O)CN(c1ccc(F)c(Cl)c1)S(C)(=O)=O. The summed E-state index contributed by atoms with van der Waals surface area (Å²) < 4.78 is 39.5. The van der Waals surface area contributed by atoms with Gasteiger partial charge < -0.3 is 10.2 Å². The molecule has 1 N–H and O–H groups in total. The van der Waals surface area contributed by atoms with Crippen molar-refractivity contribution in [1.29, 1.82) is 0 Å². The first-order chi connectivity index (χ1) is 15.8. The summed E-state index contributed by atoms with van der Waals surface area (Å²) in [5.41, 5.74) is 1.84. The van der Waals surface area contributed by atoms with Gasteiger partial charge in [-0.05, 0) is 51.0 Å². The van der Waals surface area contributed by atoms with Gasteiger partial charge in [-0.2, -0.15) is 0 Å². The minimum Gasteiger partial charge on any atom is -0.352 e. The van der Waals surface area contributed by atoms with Gasteiger partial charge in [-0.3, -0.25) is 13.9 Å². The molecule has 0 heterocycles. The summed E-state index contributed by atoms with van der Waals surface area (Å²) in [6.07, 6.45) is 1.67. The molecule has 7 nitrogen and oxygen atoms in total. The molecular weight excluding hydrogens is 481 g/mol. The average Bonchev–Trinajstić information content (AvgIpc) is 2.76. The molecule has 10 heteroatoms. The number of benzene rings is 2. The monoisotopic (exact) mass is 511 g/mol. The molecule has 0 saturated heterocycles. The fourth-order valence-corrected chi connectivity index (χ4v) is 4.33. The molecule has 0 aromatic heterocycles. The van der Waals surface area contributed by atoms with Crippen LogP contribution in [0.5, 0.6) is 0 Å². The highest BCUT2D eigenvalue weighted by Crippen LogP contribution is 2.25. The van der Waals surface area contributed by atoms with Crippen molar-refractivity contribution in [2.24, 2.45) is 0 Å². The molecular formula is C24H31ClFN3O4S. The maximum absolute atomic E-state index is 13.6. The van der Waals surface area contributed by atoms with E-state index in [9.17, 15) is 22.4 Å². The Morgan fingerprint density at radius 2 is 1.82 bits per heavy atom. The summed E-state index contributed by atoms with van der Waals surface area (Å²) in [6.45, 7) is 6.85. The number of anilines is 1. The summed E-state index contributed by atoms with van der Waals surface area (Å²) in [7, 11) is -3.92. The molecule has 0 aliphatic carbocycles. The van der Waals surface area contributed by atoms with E-state index < -0.39 is 34.3 Å². The van der Waals surface area contributed by atoms with Gasteiger partial charge in [-0.25, -0.2) is 12.8 Å². The van der Waals surface area contributed by atoms with Crippen LogP contribution in [0.15, 0.2) is 42.5 Å².